The summed E-state index contributed by atoms with van der Waals surface area (Å²) < 4.78 is 5.94. The maximum Gasteiger partial charge on any atom is 0.357 e. The second kappa shape index (κ2) is 4.06. The van der Waals surface area contributed by atoms with Crippen LogP contribution in [0.4, 0.5) is 0 Å². The van der Waals surface area contributed by atoms with E-state index < -0.39 is 0 Å². The van der Waals surface area contributed by atoms with Gasteiger partial charge in [0.05, 0.1) is 0 Å². The molecule has 0 aliphatic heterocycles. The molecule has 3 nitrogen and oxygen atoms in total. The van der Waals surface area contributed by atoms with Crippen LogP contribution >= 0.6 is 0 Å². The minimum absolute atomic E-state index is 0.163. The molecule has 1 aromatic heterocycles. The number of pyridine rings is 1. The van der Waals surface area contributed by atoms with E-state index in [1.165, 1.54) is 19.3 Å². The normalized spacial score (nSPS) is 39.3. The highest BCUT2D eigenvalue weighted by atomic mass is 16.6. The topological polar surface area (TPSA) is 39.2 Å². The van der Waals surface area contributed by atoms with Crippen LogP contribution in [0.15, 0.2) is 24.4 Å². The van der Waals surface area contributed by atoms with Crippen molar-refractivity contribution in [2.24, 2.45) is 17.8 Å². The molecule has 4 aliphatic rings. The van der Waals surface area contributed by atoms with Gasteiger partial charge in [-0.05, 0) is 68.4 Å². The van der Waals surface area contributed by atoms with Crippen LogP contribution in [0.3, 0.4) is 0 Å². The molecular weight excluding hydrogens is 238 g/mol. The summed E-state index contributed by atoms with van der Waals surface area (Å²) >= 11 is 0. The Morgan fingerprint density at radius 2 is 1.74 bits per heavy atom. The van der Waals surface area contributed by atoms with Crippen LogP contribution < -0.4 is 0 Å². The number of rotatable bonds is 2. The zero-order chi connectivity index (χ0) is 12.9. The summed E-state index contributed by atoms with van der Waals surface area (Å²) in [6.07, 6.45) is 8.98. The second-order valence-electron chi connectivity index (χ2n) is 6.71. The van der Waals surface area contributed by atoms with E-state index in [0.29, 0.717) is 5.69 Å². The molecule has 0 radical (unpaired) electrons. The molecule has 4 saturated carbocycles. The molecule has 4 fully saturated rings. The van der Waals surface area contributed by atoms with Crippen LogP contribution in [0, 0.1) is 17.8 Å². The van der Waals surface area contributed by atoms with Gasteiger partial charge in [0, 0.05) is 6.20 Å². The van der Waals surface area contributed by atoms with Crippen molar-refractivity contribution in [2.45, 2.75) is 44.1 Å². The Kier molecular flexibility index (Phi) is 2.44. The van der Waals surface area contributed by atoms with E-state index in [0.717, 1.165) is 37.0 Å². The molecule has 0 atom stereocenters. The summed E-state index contributed by atoms with van der Waals surface area (Å²) in [4.78, 5) is 16.3. The lowest BCUT2D eigenvalue weighted by molar-refractivity contribution is -0.131. The molecule has 0 spiro atoms. The summed E-state index contributed by atoms with van der Waals surface area (Å²) in [7, 11) is 0. The summed E-state index contributed by atoms with van der Waals surface area (Å²) in [6.45, 7) is 0. The van der Waals surface area contributed by atoms with Gasteiger partial charge in [0.15, 0.2) is 0 Å². The van der Waals surface area contributed by atoms with Gasteiger partial charge in [0.2, 0.25) is 0 Å². The van der Waals surface area contributed by atoms with Crippen molar-refractivity contribution < 1.29 is 9.53 Å². The molecule has 4 aliphatic carbocycles. The average molecular weight is 257 g/mol. The first kappa shape index (κ1) is 11.4. The molecule has 0 saturated heterocycles. The summed E-state index contributed by atoms with van der Waals surface area (Å²) in [5.74, 6) is 2.15. The van der Waals surface area contributed by atoms with Crippen molar-refractivity contribution >= 4 is 5.97 Å². The van der Waals surface area contributed by atoms with Crippen molar-refractivity contribution in [1.29, 1.82) is 0 Å². The maximum absolute atomic E-state index is 12.2. The highest BCUT2D eigenvalue weighted by molar-refractivity contribution is 5.87. The Labute approximate surface area is 113 Å². The average Bonchev–Trinajstić information content (AvgIpc) is 2.37. The van der Waals surface area contributed by atoms with E-state index in [4.69, 9.17) is 4.74 Å². The molecule has 3 heteroatoms. The van der Waals surface area contributed by atoms with Gasteiger partial charge in [0.1, 0.15) is 11.3 Å². The Morgan fingerprint density at radius 1 is 1.11 bits per heavy atom. The van der Waals surface area contributed by atoms with Crippen molar-refractivity contribution in [1.82, 2.24) is 4.98 Å². The molecule has 1 heterocycles. The molecular formula is C16H19NO2. The predicted molar refractivity (Wildman–Crippen MR) is 70.6 cm³/mol. The highest BCUT2D eigenvalue weighted by Crippen LogP contribution is 2.57. The summed E-state index contributed by atoms with van der Waals surface area (Å²) in [5, 5.41) is 0. The van der Waals surface area contributed by atoms with Crippen LogP contribution in [0.2, 0.25) is 0 Å². The first-order chi connectivity index (χ1) is 9.22. The Bertz CT molecular complexity index is 461. The highest BCUT2D eigenvalue weighted by Gasteiger charge is 2.53. The van der Waals surface area contributed by atoms with Crippen molar-refractivity contribution in [3.8, 4) is 0 Å². The Balaban J connectivity index is 1.55. The number of hydrogen-bond donors (Lipinski definition) is 0. The molecule has 19 heavy (non-hydrogen) atoms. The van der Waals surface area contributed by atoms with E-state index >= 15 is 0 Å². The largest absolute Gasteiger partial charge is 0.454 e. The lowest BCUT2D eigenvalue weighted by Gasteiger charge is -2.55. The molecule has 0 N–H and O–H groups in total. The standard InChI is InChI=1S/C16H19NO2/c18-15(14-3-1-2-4-17-14)19-16-8-11-5-12(9-16)7-13(6-11)10-16/h1-4,11-13H,5-10H2. The van der Waals surface area contributed by atoms with Gasteiger partial charge < -0.3 is 4.74 Å². The first-order valence-corrected chi connectivity index (χ1v) is 7.37. The molecule has 100 valence electrons. The van der Waals surface area contributed by atoms with Gasteiger partial charge in [-0.1, -0.05) is 6.07 Å². The molecule has 5 rings (SSSR count). The minimum atomic E-state index is -0.234. The van der Waals surface area contributed by atoms with Crippen LogP contribution in [0.1, 0.15) is 49.0 Å². The number of carbonyl (C=O) groups is 1. The van der Waals surface area contributed by atoms with E-state index in [-0.39, 0.29) is 11.6 Å². The summed E-state index contributed by atoms with van der Waals surface area (Å²) in [5.41, 5.74) is 0.279. The maximum atomic E-state index is 12.2. The fraction of sp³-hybridized carbons (Fsp3) is 0.625. The third kappa shape index (κ3) is 1.96. The number of hydrogen-bond acceptors (Lipinski definition) is 3. The van der Waals surface area contributed by atoms with Gasteiger partial charge in [-0.3, -0.25) is 0 Å². The van der Waals surface area contributed by atoms with Gasteiger partial charge >= 0.3 is 5.97 Å². The zero-order valence-electron chi connectivity index (χ0n) is 11.0. The third-order valence-electron chi connectivity index (χ3n) is 5.17. The number of aromatic nitrogens is 1. The van der Waals surface area contributed by atoms with Gasteiger partial charge in [-0.2, -0.15) is 0 Å². The van der Waals surface area contributed by atoms with Gasteiger partial charge in [-0.15, -0.1) is 0 Å². The number of ether oxygens (including phenoxy) is 1. The number of esters is 1. The van der Waals surface area contributed by atoms with Crippen molar-refractivity contribution in [3.63, 3.8) is 0 Å². The van der Waals surface area contributed by atoms with Crippen LogP contribution in [0.5, 0.6) is 0 Å². The SMILES string of the molecule is O=C(OC12CC3CC(CC(C3)C1)C2)c1ccccn1. The Hall–Kier alpha value is -1.38. The number of carbonyl (C=O) groups excluding carboxylic acids is 1. The summed E-state index contributed by atoms with van der Waals surface area (Å²) in [6, 6.07) is 5.40. The lowest BCUT2D eigenvalue weighted by Crippen LogP contribution is -2.52. The van der Waals surface area contributed by atoms with Gasteiger partial charge in [-0.25, -0.2) is 9.78 Å². The van der Waals surface area contributed by atoms with Crippen LogP contribution in [0.25, 0.3) is 0 Å². The van der Waals surface area contributed by atoms with Crippen molar-refractivity contribution in [3.05, 3.63) is 30.1 Å². The lowest BCUT2D eigenvalue weighted by atomic mass is 9.54. The molecule has 4 bridgehead atoms. The first-order valence-electron chi connectivity index (χ1n) is 7.37. The zero-order valence-corrected chi connectivity index (χ0v) is 11.0. The van der Waals surface area contributed by atoms with E-state index in [9.17, 15) is 4.79 Å². The molecule has 0 aromatic carbocycles. The monoisotopic (exact) mass is 257 g/mol. The third-order valence-corrected chi connectivity index (χ3v) is 5.17. The molecule has 0 unspecified atom stereocenters. The smallest absolute Gasteiger partial charge is 0.357 e. The second-order valence-corrected chi connectivity index (χ2v) is 6.71. The van der Waals surface area contributed by atoms with Crippen LogP contribution in [-0.4, -0.2) is 16.6 Å². The minimum Gasteiger partial charge on any atom is -0.454 e. The van der Waals surface area contributed by atoms with E-state index in [2.05, 4.69) is 4.98 Å². The Morgan fingerprint density at radius 3 is 2.26 bits per heavy atom. The fourth-order valence-corrected chi connectivity index (χ4v) is 4.89. The van der Waals surface area contributed by atoms with Crippen LogP contribution in [-0.2, 0) is 4.74 Å². The van der Waals surface area contributed by atoms with Gasteiger partial charge in [0.25, 0.3) is 0 Å². The van der Waals surface area contributed by atoms with E-state index in [1.807, 2.05) is 12.1 Å². The quantitative estimate of drug-likeness (QED) is 0.764. The van der Waals surface area contributed by atoms with Crippen molar-refractivity contribution in [2.75, 3.05) is 0 Å². The fourth-order valence-electron chi connectivity index (χ4n) is 4.89. The number of nitrogens with zero attached hydrogens (tertiary/aromatic N) is 1. The molecule has 1 aromatic rings. The predicted octanol–water partition coefficient (Wildman–Crippen LogP) is 3.21. The molecule has 0 amide bonds. The van der Waals surface area contributed by atoms with E-state index in [1.54, 1.807) is 12.3 Å².